The topological polar surface area (TPSA) is 43.4 Å². The number of carbonyl (C=O) groups is 2. The predicted molar refractivity (Wildman–Crippen MR) is 72.2 cm³/mol. The second kappa shape index (κ2) is 8.25. The smallest absolute Gasteiger partial charge is 0.316 e. The third kappa shape index (κ3) is 8.23. The molecule has 0 aliphatic heterocycles. The van der Waals surface area contributed by atoms with Crippen molar-refractivity contribution in [3.63, 3.8) is 0 Å². The Hall–Kier alpha value is -0.900. The van der Waals surface area contributed by atoms with Gasteiger partial charge in [-0.2, -0.15) is 0 Å². The number of carbonyl (C=O) groups excluding carboxylic acids is 2. The van der Waals surface area contributed by atoms with Gasteiger partial charge in [-0.25, -0.2) is 0 Å². The summed E-state index contributed by atoms with van der Waals surface area (Å²) in [6, 6.07) is 0. The number of hydrogen-bond donors (Lipinski definition) is 0. The lowest BCUT2D eigenvalue weighted by molar-refractivity contribution is -0.870. The van der Waals surface area contributed by atoms with Gasteiger partial charge in [-0.1, -0.05) is 6.42 Å². The Kier molecular flexibility index (Phi) is 7.83. The maximum absolute atomic E-state index is 11.6. The Morgan fingerprint density at radius 2 is 1.72 bits per heavy atom. The van der Waals surface area contributed by atoms with Crippen molar-refractivity contribution in [3.05, 3.63) is 0 Å². The van der Waals surface area contributed by atoms with Gasteiger partial charge in [0.05, 0.1) is 34.3 Å². The van der Waals surface area contributed by atoms with Gasteiger partial charge in [-0.15, -0.1) is 0 Å². The summed E-state index contributed by atoms with van der Waals surface area (Å²) in [7, 11) is 6.49. The number of ketones is 1. The number of hydrogen-bond acceptors (Lipinski definition) is 3. The third-order valence-corrected chi connectivity index (χ3v) is 2.88. The molecule has 0 heterocycles. The zero-order chi connectivity index (χ0) is 14.2. The summed E-state index contributed by atoms with van der Waals surface area (Å²) in [5.74, 6) is -1.01. The molecule has 0 aliphatic rings. The van der Waals surface area contributed by atoms with Crippen LogP contribution in [0, 0.1) is 5.92 Å². The number of rotatable bonds is 9. The molecule has 106 valence electrons. The van der Waals surface area contributed by atoms with E-state index >= 15 is 0 Å². The Bertz CT molecular complexity index is 269. The van der Waals surface area contributed by atoms with Crippen LogP contribution in [-0.4, -0.2) is 50.5 Å². The summed E-state index contributed by atoms with van der Waals surface area (Å²) < 4.78 is 5.87. The molecule has 0 rings (SSSR count). The van der Waals surface area contributed by atoms with Crippen LogP contribution in [0.5, 0.6) is 0 Å². The van der Waals surface area contributed by atoms with Crippen molar-refractivity contribution in [3.8, 4) is 0 Å². The molecular weight excluding hydrogens is 230 g/mol. The van der Waals surface area contributed by atoms with Gasteiger partial charge in [0, 0.05) is 0 Å². The van der Waals surface area contributed by atoms with E-state index in [1.54, 1.807) is 6.92 Å². The molecule has 4 nitrogen and oxygen atoms in total. The van der Waals surface area contributed by atoms with Crippen LogP contribution in [0.3, 0.4) is 0 Å². The first kappa shape index (κ1) is 17.1. The highest BCUT2D eigenvalue weighted by Gasteiger charge is 2.23. The molecule has 0 saturated heterocycles. The van der Waals surface area contributed by atoms with Gasteiger partial charge in [0.15, 0.2) is 0 Å². The van der Waals surface area contributed by atoms with Crippen LogP contribution in [0.4, 0.5) is 0 Å². The fourth-order valence-electron chi connectivity index (χ4n) is 1.84. The molecule has 0 fully saturated rings. The highest BCUT2D eigenvalue weighted by Crippen LogP contribution is 2.13. The maximum Gasteiger partial charge on any atom is 0.316 e. The van der Waals surface area contributed by atoms with Gasteiger partial charge >= 0.3 is 5.97 Å². The Morgan fingerprint density at radius 1 is 1.11 bits per heavy atom. The Labute approximate surface area is 111 Å². The van der Waals surface area contributed by atoms with Crippen molar-refractivity contribution in [2.24, 2.45) is 5.92 Å². The summed E-state index contributed by atoms with van der Waals surface area (Å²) >= 11 is 0. The number of esters is 1. The van der Waals surface area contributed by atoms with E-state index in [-0.39, 0.29) is 11.8 Å². The van der Waals surface area contributed by atoms with E-state index in [9.17, 15) is 9.59 Å². The van der Waals surface area contributed by atoms with Crippen molar-refractivity contribution in [2.45, 2.75) is 39.5 Å². The lowest BCUT2D eigenvalue weighted by atomic mass is 9.97. The second-order valence-corrected chi connectivity index (χ2v) is 5.78. The molecule has 0 amide bonds. The summed E-state index contributed by atoms with van der Waals surface area (Å²) in [6.45, 7) is 4.68. The minimum Gasteiger partial charge on any atom is -0.465 e. The minimum absolute atomic E-state index is 0.0833. The average molecular weight is 258 g/mol. The first-order valence-electron chi connectivity index (χ1n) is 6.75. The zero-order valence-corrected chi connectivity index (χ0v) is 12.5. The van der Waals surface area contributed by atoms with Gasteiger partial charge < -0.3 is 9.22 Å². The van der Waals surface area contributed by atoms with E-state index in [2.05, 4.69) is 21.1 Å². The van der Waals surface area contributed by atoms with Crippen LogP contribution in [0.15, 0.2) is 0 Å². The van der Waals surface area contributed by atoms with Crippen LogP contribution in [0.2, 0.25) is 0 Å². The molecule has 0 N–H and O–H groups in total. The molecule has 0 spiro atoms. The number of quaternary nitrogens is 1. The monoisotopic (exact) mass is 258 g/mol. The lowest BCUT2D eigenvalue weighted by Gasteiger charge is -2.23. The van der Waals surface area contributed by atoms with E-state index in [1.807, 2.05) is 0 Å². The van der Waals surface area contributed by atoms with Gasteiger partial charge in [0.25, 0.3) is 0 Å². The van der Waals surface area contributed by atoms with Crippen LogP contribution in [-0.2, 0) is 14.3 Å². The van der Waals surface area contributed by atoms with E-state index in [0.717, 1.165) is 30.3 Å². The van der Waals surface area contributed by atoms with E-state index in [4.69, 9.17) is 4.74 Å². The van der Waals surface area contributed by atoms with Crippen LogP contribution in [0.25, 0.3) is 0 Å². The number of Topliss-reactive ketones (excluding diaryl/α,β-unsaturated/α-hetero) is 1. The normalized spacial score (nSPS) is 13.2. The molecular formula is C14H28NO3+. The first-order chi connectivity index (χ1) is 8.28. The molecule has 0 aromatic carbocycles. The molecule has 0 saturated carbocycles. The van der Waals surface area contributed by atoms with Crippen molar-refractivity contribution in [1.29, 1.82) is 0 Å². The fourth-order valence-corrected chi connectivity index (χ4v) is 1.84. The van der Waals surface area contributed by atoms with Gasteiger partial charge in [0.1, 0.15) is 11.7 Å². The fraction of sp³-hybridized carbons (Fsp3) is 0.857. The third-order valence-electron chi connectivity index (χ3n) is 2.88. The quantitative estimate of drug-likeness (QED) is 0.275. The highest BCUT2D eigenvalue weighted by molar-refractivity contribution is 5.97. The first-order valence-corrected chi connectivity index (χ1v) is 6.75. The molecule has 4 heteroatoms. The lowest BCUT2D eigenvalue weighted by Crippen LogP contribution is -2.35. The van der Waals surface area contributed by atoms with Crippen molar-refractivity contribution in [1.82, 2.24) is 0 Å². The Balaban J connectivity index is 3.92. The van der Waals surface area contributed by atoms with Crippen molar-refractivity contribution >= 4 is 11.8 Å². The predicted octanol–water partition coefficient (Wildman–Crippen LogP) is 2.02. The Morgan fingerprint density at radius 3 is 2.17 bits per heavy atom. The number of nitrogens with zero attached hydrogens (tertiary/aromatic N) is 1. The van der Waals surface area contributed by atoms with Crippen LogP contribution < -0.4 is 0 Å². The summed E-state index contributed by atoms with van der Waals surface area (Å²) in [5, 5.41) is 0. The molecule has 1 atom stereocenters. The van der Waals surface area contributed by atoms with Crippen molar-refractivity contribution in [2.75, 3.05) is 34.3 Å². The molecule has 1 unspecified atom stereocenters. The molecule has 0 aliphatic carbocycles. The van der Waals surface area contributed by atoms with E-state index < -0.39 is 5.92 Å². The minimum atomic E-state index is -0.561. The van der Waals surface area contributed by atoms with Gasteiger partial charge in [-0.3, -0.25) is 9.59 Å². The zero-order valence-electron chi connectivity index (χ0n) is 12.5. The largest absolute Gasteiger partial charge is 0.465 e. The summed E-state index contributed by atoms with van der Waals surface area (Å²) in [6.07, 6.45) is 3.70. The molecule has 0 radical (unpaired) electrons. The molecule has 0 aromatic heterocycles. The average Bonchev–Trinajstić information content (AvgIpc) is 2.21. The molecule has 18 heavy (non-hydrogen) atoms. The van der Waals surface area contributed by atoms with Gasteiger partial charge in [-0.05, 0) is 33.1 Å². The van der Waals surface area contributed by atoms with Crippen LogP contribution >= 0.6 is 0 Å². The maximum atomic E-state index is 11.6. The number of unbranched alkanes of at least 4 members (excludes halogenated alkanes) is 2. The van der Waals surface area contributed by atoms with Gasteiger partial charge in [0.2, 0.25) is 0 Å². The molecule has 0 bridgehead atoms. The number of ether oxygens (including phenoxy) is 1. The van der Waals surface area contributed by atoms with E-state index in [1.165, 1.54) is 6.92 Å². The second-order valence-electron chi connectivity index (χ2n) is 5.78. The summed E-state index contributed by atoms with van der Waals surface area (Å²) in [5.41, 5.74) is 0. The van der Waals surface area contributed by atoms with Crippen LogP contribution in [0.1, 0.15) is 39.5 Å². The summed E-state index contributed by atoms with van der Waals surface area (Å²) in [4.78, 5) is 22.9. The highest BCUT2D eigenvalue weighted by atomic mass is 16.5. The molecule has 0 aromatic rings. The van der Waals surface area contributed by atoms with Crippen molar-refractivity contribution < 1.29 is 18.8 Å². The van der Waals surface area contributed by atoms with E-state index in [0.29, 0.717) is 13.0 Å². The standard InChI is InChI=1S/C14H28NO3/c1-6-18-14(17)13(12(2)16)10-8-7-9-11-15(3,4)5/h13H,6-11H2,1-5H3/q+1. The SMILES string of the molecule is CCOC(=O)C(CCCCC[N+](C)(C)C)C(C)=O.